The molecule has 0 fully saturated rings. The van der Waals surface area contributed by atoms with Gasteiger partial charge in [-0.1, -0.05) is 60.7 Å². The van der Waals surface area contributed by atoms with Crippen molar-refractivity contribution in [2.45, 2.75) is 0 Å². The molecule has 0 aliphatic rings. The van der Waals surface area contributed by atoms with Gasteiger partial charge >= 0.3 is 5.97 Å². The molecular weight excluding hydrogens is 236 g/mol. The number of hydrogen-bond donors (Lipinski definition) is 0. The quantitative estimate of drug-likeness (QED) is 0.463. The summed E-state index contributed by atoms with van der Waals surface area (Å²) in [6.45, 7) is 3.51. The second-order valence-corrected chi connectivity index (χ2v) is 3.70. The van der Waals surface area contributed by atoms with Crippen LogP contribution in [0.15, 0.2) is 59.7 Å². The van der Waals surface area contributed by atoms with Crippen molar-refractivity contribution >= 4 is 23.6 Å². The summed E-state index contributed by atoms with van der Waals surface area (Å²) in [6.07, 6.45) is 5.17. The van der Waals surface area contributed by atoms with Crippen LogP contribution in [-0.2, 0) is 9.53 Å². The molecule has 1 rings (SSSR count). The smallest absolute Gasteiger partial charge is 0.339 e. The normalized spacial score (nSPS) is 11.5. The van der Waals surface area contributed by atoms with E-state index < -0.39 is 5.97 Å². The molecule has 0 N–H and O–H groups in total. The number of rotatable bonds is 4. The molecule has 0 saturated heterocycles. The maximum absolute atomic E-state index is 11.3. The lowest BCUT2D eigenvalue weighted by atomic mass is 10.2. The van der Waals surface area contributed by atoms with Crippen LogP contribution in [-0.4, -0.2) is 13.1 Å². The van der Waals surface area contributed by atoms with Gasteiger partial charge in [-0.3, -0.25) is 0 Å². The summed E-state index contributed by atoms with van der Waals surface area (Å²) in [6, 6.07) is 9.72. The summed E-state index contributed by atoms with van der Waals surface area (Å²) in [5.74, 6) is -0.497. The van der Waals surface area contributed by atoms with Gasteiger partial charge in [-0.2, -0.15) is 0 Å². The maximum atomic E-state index is 11.3. The second-order valence-electron chi connectivity index (χ2n) is 3.25. The summed E-state index contributed by atoms with van der Waals surface area (Å²) in [7, 11) is 1.30. The molecule has 0 radical (unpaired) electrons. The van der Waals surface area contributed by atoms with E-state index in [2.05, 4.69) is 11.3 Å². The highest BCUT2D eigenvalue weighted by Gasteiger charge is 2.09. The summed E-state index contributed by atoms with van der Waals surface area (Å²) in [4.78, 5) is 11.3. The van der Waals surface area contributed by atoms with Gasteiger partial charge in [-0.25, -0.2) is 4.79 Å². The molecule has 17 heavy (non-hydrogen) atoms. The predicted molar refractivity (Wildman–Crippen MR) is 70.6 cm³/mol. The predicted octanol–water partition coefficient (Wildman–Crippen LogP) is 3.55. The monoisotopic (exact) mass is 248 g/mol. The zero-order chi connectivity index (χ0) is 12.7. The van der Waals surface area contributed by atoms with Crippen LogP contribution in [0.1, 0.15) is 5.56 Å². The molecule has 0 aliphatic carbocycles. The molecule has 0 saturated carbocycles. The standard InChI is InChI=1S/C14H13ClO2/c1-11(15)13(14(16)17-2)10-6-9-12-7-4-3-5-8-12/h3-10H,1H2,2H3/b9-6+,13-10+. The molecule has 0 spiro atoms. The molecular formula is C14H13ClO2. The average Bonchev–Trinajstić information content (AvgIpc) is 2.34. The third kappa shape index (κ3) is 4.29. The van der Waals surface area contributed by atoms with E-state index in [4.69, 9.17) is 11.6 Å². The molecule has 0 heterocycles. The molecule has 0 aromatic heterocycles. The van der Waals surface area contributed by atoms with Gasteiger partial charge in [0.25, 0.3) is 0 Å². The average molecular weight is 249 g/mol. The van der Waals surface area contributed by atoms with Crippen LogP contribution in [0.5, 0.6) is 0 Å². The van der Waals surface area contributed by atoms with Crippen LogP contribution in [0.4, 0.5) is 0 Å². The van der Waals surface area contributed by atoms with E-state index in [1.807, 2.05) is 36.4 Å². The SMILES string of the molecule is C=C(Cl)/C(=C\C=C\c1ccccc1)C(=O)OC. The molecule has 0 bridgehead atoms. The molecule has 1 aromatic carbocycles. The van der Waals surface area contributed by atoms with E-state index in [9.17, 15) is 4.79 Å². The first-order chi connectivity index (χ1) is 8.15. The van der Waals surface area contributed by atoms with E-state index in [1.54, 1.807) is 12.2 Å². The molecule has 3 heteroatoms. The number of benzene rings is 1. The number of methoxy groups -OCH3 is 1. The third-order valence-electron chi connectivity index (χ3n) is 2.05. The first-order valence-electron chi connectivity index (χ1n) is 5.01. The van der Waals surface area contributed by atoms with Crippen molar-refractivity contribution in [3.8, 4) is 0 Å². The second kappa shape index (κ2) is 6.71. The Balaban J connectivity index is 2.84. The van der Waals surface area contributed by atoms with E-state index in [0.717, 1.165) is 5.56 Å². The number of ether oxygens (including phenoxy) is 1. The maximum Gasteiger partial charge on any atom is 0.339 e. The van der Waals surface area contributed by atoms with Crippen molar-refractivity contribution in [1.82, 2.24) is 0 Å². The number of esters is 1. The van der Waals surface area contributed by atoms with Crippen LogP contribution in [0.25, 0.3) is 6.08 Å². The van der Waals surface area contributed by atoms with Crippen molar-refractivity contribution < 1.29 is 9.53 Å². The van der Waals surface area contributed by atoms with Gasteiger partial charge in [-0.05, 0) is 11.6 Å². The fourth-order valence-electron chi connectivity index (χ4n) is 1.20. The lowest BCUT2D eigenvalue weighted by molar-refractivity contribution is -0.135. The van der Waals surface area contributed by atoms with Gasteiger partial charge in [0.15, 0.2) is 0 Å². The minimum Gasteiger partial charge on any atom is -0.465 e. The Morgan fingerprint density at radius 1 is 1.35 bits per heavy atom. The van der Waals surface area contributed by atoms with Crippen LogP contribution in [0.2, 0.25) is 0 Å². The first kappa shape index (κ1) is 13.3. The Morgan fingerprint density at radius 2 is 2.00 bits per heavy atom. The molecule has 0 aliphatic heterocycles. The number of halogens is 1. The third-order valence-corrected chi connectivity index (χ3v) is 2.25. The molecule has 1 aromatic rings. The number of hydrogen-bond acceptors (Lipinski definition) is 2. The zero-order valence-electron chi connectivity index (χ0n) is 9.52. The molecule has 2 nitrogen and oxygen atoms in total. The Kier molecular flexibility index (Phi) is 5.24. The molecule has 0 atom stereocenters. The van der Waals surface area contributed by atoms with Gasteiger partial charge in [0, 0.05) is 5.03 Å². The fraction of sp³-hybridized carbons (Fsp3) is 0.0714. The van der Waals surface area contributed by atoms with E-state index >= 15 is 0 Å². The van der Waals surface area contributed by atoms with Gasteiger partial charge in [0.2, 0.25) is 0 Å². The Bertz CT molecular complexity index is 458. The largest absolute Gasteiger partial charge is 0.465 e. The van der Waals surface area contributed by atoms with Crippen LogP contribution in [0.3, 0.4) is 0 Å². The summed E-state index contributed by atoms with van der Waals surface area (Å²) in [5, 5.41) is 0.162. The van der Waals surface area contributed by atoms with Crippen molar-refractivity contribution in [3.05, 3.63) is 65.2 Å². The molecule has 0 amide bonds. The highest BCUT2D eigenvalue weighted by Crippen LogP contribution is 2.14. The minimum absolute atomic E-state index is 0.162. The number of carbonyl (C=O) groups is 1. The minimum atomic E-state index is -0.497. The Labute approximate surface area is 106 Å². The van der Waals surface area contributed by atoms with E-state index in [1.165, 1.54) is 7.11 Å². The number of allylic oxidation sites excluding steroid dienone is 2. The lowest BCUT2D eigenvalue weighted by Gasteiger charge is -2.00. The summed E-state index contributed by atoms with van der Waals surface area (Å²) < 4.78 is 4.59. The van der Waals surface area contributed by atoms with Crippen molar-refractivity contribution in [2.24, 2.45) is 0 Å². The lowest BCUT2D eigenvalue weighted by Crippen LogP contribution is -2.04. The van der Waals surface area contributed by atoms with Gasteiger partial charge in [-0.15, -0.1) is 0 Å². The van der Waals surface area contributed by atoms with Gasteiger partial charge in [0.1, 0.15) is 0 Å². The van der Waals surface area contributed by atoms with E-state index in [-0.39, 0.29) is 10.6 Å². The van der Waals surface area contributed by atoms with Crippen molar-refractivity contribution in [2.75, 3.05) is 7.11 Å². The van der Waals surface area contributed by atoms with Crippen LogP contribution < -0.4 is 0 Å². The van der Waals surface area contributed by atoms with E-state index in [0.29, 0.717) is 0 Å². The van der Waals surface area contributed by atoms with Gasteiger partial charge in [0.05, 0.1) is 12.7 Å². The topological polar surface area (TPSA) is 26.3 Å². The molecule has 88 valence electrons. The fourth-order valence-corrected chi connectivity index (χ4v) is 1.34. The van der Waals surface area contributed by atoms with Crippen molar-refractivity contribution in [1.29, 1.82) is 0 Å². The van der Waals surface area contributed by atoms with Gasteiger partial charge < -0.3 is 4.74 Å². The Morgan fingerprint density at radius 3 is 2.53 bits per heavy atom. The molecule has 0 unspecified atom stereocenters. The van der Waals surface area contributed by atoms with Crippen LogP contribution >= 0.6 is 11.6 Å². The highest BCUT2D eigenvalue weighted by atomic mass is 35.5. The van der Waals surface area contributed by atoms with Crippen LogP contribution in [0, 0.1) is 0 Å². The number of carbonyl (C=O) groups excluding carboxylic acids is 1. The first-order valence-corrected chi connectivity index (χ1v) is 5.39. The Hall–Kier alpha value is -1.80. The zero-order valence-corrected chi connectivity index (χ0v) is 10.3. The summed E-state index contributed by atoms with van der Waals surface area (Å²) in [5.41, 5.74) is 1.29. The van der Waals surface area contributed by atoms with Crippen molar-refractivity contribution in [3.63, 3.8) is 0 Å². The summed E-state index contributed by atoms with van der Waals surface area (Å²) >= 11 is 5.70. The highest BCUT2D eigenvalue weighted by molar-refractivity contribution is 6.34.